The molecule has 1 aliphatic heterocycles. The average Bonchev–Trinajstić information content (AvgIpc) is 3.17. The topological polar surface area (TPSA) is 94.9 Å². The van der Waals surface area contributed by atoms with Gasteiger partial charge in [0, 0.05) is 31.7 Å². The molecule has 174 valence electrons. The number of carbonyl (C=O) groups is 3. The largest absolute Gasteiger partial charge is 0.456 e. The molecule has 0 aromatic carbocycles. The monoisotopic (exact) mass is 442 g/mol. The summed E-state index contributed by atoms with van der Waals surface area (Å²) in [6, 6.07) is 2.69. The normalized spacial score (nSPS) is 32.6. The summed E-state index contributed by atoms with van der Waals surface area (Å²) < 4.78 is 5.44. The summed E-state index contributed by atoms with van der Waals surface area (Å²) in [6.45, 7) is 5.84. The van der Waals surface area contributed by atoms with Crippen LogP contribution in [0.25, 0.3) is 0 Å². The van der Waals surface area contributed by atoms with Crippen molar-refractivity contribution < 1.29 is 18.8 Å². The number of imide groups is 1. The molecular formula is C24H34N4O4. The number of nitrogens with zero attached hydrogens (tertiary/aromatic N) is 2. The van der Waals surface area contributed by atoms with Crippen LogP contribution in [0.4, 0.5) is 4.79 Å². The Morgan fingerprint density at radius 1 is 1.00 bits per heavy atom. The highest BCUT2D eigenvalue weighted by Gasteiger charge is 2.51. The molecule has 1 aromatic rings. The summed E-state index contributed by atoms with van der Waals surface area (Å²) >= 11 is 0. The molecular weight excluding hydrogens is 408 g/mol. The molecule has 8 nitrogen and oxygen atoms in total. The first-order valence-electron chi connectivity index (χ1n) is 12.0. The van der Waals surface area contributed by atoms with E-state index in [2.05, 4.69) is 10.6 Å². The van der Waals surface area contributed by atoms with E-state index in [1.165, 1.54) is 19.3 Å². The van der Waals surface area contributed by atoms with Gasteiger partial charge in [-0.25, -0.2) is 4.79 Å². The van der Waals surface area contributed by atoms with E-state index in [9.17, 15) is 14.4 Å². The Balaban J connectivity index is 1.11. The lowest BCUT2D eigenvalue weighted by Crippen LogP contribution is -2.63. The van der Waals surface area contributed by atoms with Crippen LogP contribution < -0.4 is 10.6 Å². The minimum absolute atomic E-state index is 0.113. The van der Waals surface area contributed by atoms with Crippen molar-refractivity contribution in [1.29, 1.82) is 0 Å². The highest BCUT2D eigenvalue weighted by atomic mass is 16.3. The van der Waals surface area contributed by atoms with Crippen LogP contribution in [0.3, 0.4) is 0 Å². The van der Waals surface area contributed by atoms with Gasteiger partial charge in [-0.15, -0.1) is 0 Å². The van der Waals surface area contributed by atoms with Crippen LogP contribution in [-0.4, -0.2) is 65.4 Å². The van der Waals surface area contributed by atoms with Crippen LogP contribution in [0.2, 0.25) is 0 Å². The van der Waals surface area contributed by atoms with E-state index in [-0.39, 0.29) is 23.4 Å². The van der Waals surface area contributed by atoms with Gasteiger partial charge in [0.15, 0.2) is 5.76 Å². The highest BCUT2D eigenvalue weighted by Crippen LogP contribution is 2.55. The van der Waals surface area contributed by atoms with Crippen molar-refractivity contribution in [2.45, 2.75) is 64.0 Å². The van der Waals surface area contributed by atoms with Gasteiger partial charge >= 0.3 is 6.03 Å². The number of aryl methyl sites for hydroxylation is 1. The first-order valence-corrected chi connectivity index (χ1v) is 12.0. The van der Waals surface area contributed by atoms with Gasteiger partial charge in [-0.1, -0.05) is 0 Å². The smallest absolute Gasteiger partial charge is 0.321 e. The highest BCUT2D eigenvalue weighted by molar-refractivity contribution is 5.97. The van der Waals surface area contributed by atoms with Gasteiger partial charge in [-0.05, 0) is 82.3 Å². The number of furan rings is 1. The number of urea groups is 1. The fraction of sp³-hybridized carbons (Fsp3) is 0.708. The summed E-state index contributed by atoms with van der Waals surface area (Å²) in [6.07, 6.45) is 7.11. The summed E-state index contributed by atoms with van der Waals surface area (Å²) in [5.41, 5.74) is -0.113. The molecule has 4 bridgehead atoms. The fourth-order valence-corrected chi connectivity index (χ4v) is 6.94. The van der Waals surface area contributed by atoms with Crippen molar-refractivity contribution in [2.75, 3.05) is 26.2 Å². The third kappa shape index (κ3) is 4.17. The van der Waals surface area contributed by atoms with Gasteiger partial charge in [0.25, 0.3) is 5.91 Å². The molecule has 4 saturated carbocycles. The van der Waals surface area contributed by atoms with Gasteiger partial charge in [0.2, 0.25) is 5.91 Å². The van der Waals surface area contributed by atoms with Crippen molar-refractivity contribution in [3.05, 3.63) is 23.7 Å². The van der Waals surface area contributed by atoms with E-state index in [4.69, 9.17) is 4.42 Å². The fourth-order valence-electron chi connectivity index (χ4n) is 6.94. The Hall–Kier alpha value is -2.35. The zero-order chi connectivity index (χ0) is 22.5. The predicted molar refractivity (Wildman–Crippen MR) is 118 cm³/mol. The first-order chi connectivity index (χ1) is 15.3. The first kappa shape index (κ1) is 21.5. The molecule has 4 aliphatic carbocycles. The maximum absolute atomic E-state index is 12.8. The molecule has 5 aliphatic rings. The molecule has 2 heterocycles. The van der Waals surface area contributed by atoms with Crippen molar-refractivity contribution in [1.82, 2.24) is 20.4 Å². The number of amides is 4. The SMILES string of the molecule is Cc1ccc(C(=O)N2CCN(C(C)C(=O)NC(=O)NC34CC5CC(CC(C5)C3)C4)CC2)o1. The molecule has 0 radical (unpaired) electrons. The lowest BCUT2D eigenvalue weighted by atomic mass is 9.53. The quantitative estimate of drug-likeness (QED) is 0.747. The van der Waals surface area contributed by atoms with Crippen molar-refractivity contribution in [3.8, 4) is 0 Å². The van der Waals surface area contributed by atoms with Gasteiger partial charge in [-0.2, -0.15) is 0 Å². The van der Waals surface area contributed by atoms with Gasteiger partial charge in [0.05, 0.1) is 6.04 Å². The van der Waals surface area contributed by atoms with E-state index in [1.54, 1.807) is 17.0 Å². The Labute approximate surface area is 189 Å². The third-order valence-electron chi connectivity index (χ3n) is 8.13. The van der Waals surface area contributed by atoms with Crippen molar-refractivity contribution in [2.24, 2.45) is 17.8 Å². The second-order valence-corrected chi connectivity index (χ2v) is 10.6. The zero-order valence-electron chi connectivity index (χ0n) is 19.1. The molecule has 1 atom stereocenters. The predicted octanol–water partition coefficient (Wildman–Crippen LogP) is 2.53. The molecule has 4 amide bonds. The summed E-state index contributed by atoms with van der Waals surface area (Å²) in [5.74, 6) is 2.87. The van der Waals surface area contributed by atoms with Crippen molar-refractivity contribution in [3.63, 3.8) is 0 Å². The van der Waals surface area contributed by atoms with E-state index in [0.29, 0.717) is 37.7 Å². The number of rotatable bonds is 4. The van der Waals surface area contributed by atoms with Crippen LogP contribution in [0.5, 0.6) is 0 Å². The minimum atomic E-state index is -0.430. The average molecular weight is 443 g/mol. The molecule has 8 heteroatoms. The van der Waals surface area contributed by atoms with Crippen LogP contribution in [0.1, 0.15) is 61.8 Å². The van der Waals surface area contributed by atoms with Gasteiger partial charge < -0.3 is 14.6 Å². The second-order valence-electron chi connectivity index (χ2n) is 10.6. The second kappa shape index (κ2) is 8.21. The molecule has 6 rings (SSSR count). The molecule has 2 N–H and O–H groups in total. The number of hydrogen-bond acceptors (Lipinski definition) is 5. The maximum Gasteiger partial charge on any atom is 0.321 e. The Morgan fingerprint density at radius 2 is 1.59 bits per heavy atom. The molecule has 32 heavy (non-hydrogen) atoms. The van der Waals surface area contributed by atoms with E-state index in [1.807, 2.05) is 18.7 Å². The Morgan fingerprint density at radius 3 is 2.12 bits per heavy atom. The Kier molecular flexibility index (Phi) is 5.51. The van der Waals surface area contributed by atoms with Crippen LogP contribution in [0.15, 0.2) is 16.5 Å². The maximum atomic E-state index is 12.8. The van der Waals surface area contributed by atoms with Crippen LogP contribution in [0, 0.1) is 24.7 Å². The summed E-state index contributed by atoms with van der Waals surface area (Å²) in [7, 11) is 0. The number of carbonyl (C=O) groups excluding carboxylic acids is 3. The van der Waals surface area contributed by atoms with E-state index < -0.39 is 6.04 Å². The lowest BCUT2D eigenvalue weighted by Gasteiger charge is -2.56. The number of nitrogens with one attached hydrogen (secondary N) is 2. The van der Waals surface area contributed by atoms with E-state index in [0.717, 1.165) is 37.0 Å². The van der Waals surface area contributed by atoms with E-state index >= 15 is 0 Å². The summed E-state index contributed by atoms with van der Waals surface area (Å²) in [5, 5.41) is 5.79. The molecule has 5 fully saturated rings. The molecule has 0 spiro atoms. The number of hydrogen-bond donors (Lipinski definition) is 2. The molecule has 1 saturated heterocycles. The molecule has 1 aromatic heterocycles. The number of piperazine rings is 1. The van der Waals surface area contributed by atoms with Gasteiger partial charge in [-0.3, -0.25) is 19.8 Å². The summed E-state index contributed by atoms with van der Waals surface area (Å²) in [4.78, 5) is 41.8. The lowest BCUT2D eigenvalue weighted by molar-refractivity contribution is -0.125. The van der Waals surface area contributed by atoms with Crippen LogP contribution >= 0.6 is 0 Å². The zero-order valence-corrected chi connectivity index (χ0v) is 19.1. The third-order valence-corrected chi connectivity index (χ3v) is 8.13. The Bertz CT molecular complexity index is 866. The standard InChI is InChI=1S/C24H34N4O4/c1-15-3-4-20(32-15)22(30)28-7-5-27(6-8-28)16(2)21(29)25-23(31)26-24-12-17-9-18(13-24)11-19(10-17)14-24/h3-4,16-19H,5-14H2,1-2H3,(H2,25,26,29,31). The molecule has 1 unspecified atom stereocenters. The van der Waals surface area contributed by atoms with Gasteiger partial charge in [0.1, 0.15) is 5.76 Å². The minimum Gasteiger partial charge on any atom is -0.456 e. The van der Waals surface area contributed by atoms with Crippen molar-refractivity contribution >= 4 is 17.8 Å². The van der Waals surface area contributed by atoms with Crippen LogP contribution in [-0.2, 0) is 4.79 Å².